The summed E-state index contributed by atoms with van der Waals surface area (Å²) in [5, 5.41) is 0. The third-order valence-electron chi connectivity index (χ3n) is 6.51. The number of piperidine rings is 1. The number of hydrogen-bond donors (Lipinski definition) is 0. The monoisotopic (exact) mass is 293 g/mol. The summed E-state index contributed by atoms with van der Waals surface area (Å²) in [6.07, 6.45) is 12.9. The summed E-state index contributed by atoms with van der Waals surface area (Å²) in [5.74, 6) is 2.83. The molecule has 21 heavy (non-hydrogen) atoms. The molecule has 2 aliphatic rings. The zero-order valence-corrected chi connectivity index (χ0v) is 15.3. The fourth-order valence-electron chi connectivity index (χ4n) is 5.27. The summed E-state index contributed by atoms with van der Waals surface area (Å²) in [6, 6.07) is 0.883. The Labute approximate surface area is 133 Å². The summed E-state index contributed by atoms with van der Waals surface area (Å²) in [5.41, 5.74) is 0.414. The van der Waals surface area contributed by atoms with Gasteiger partial charge in [-0.25, -0.2) is 0 Å². The first kappa shape index (κ1) is 17.3. The van der Waals surface area contributed by atoms with Crippen LogP contribution >= 0.6 is 0 Å². The molecule has 4 unspecified atom stereocenters. The number of unbranched alkanes of at least 4 members (excludes halogenated alkanes) is 1. The van der Waals surface area contributed by atoms with Crippen molar-refractivity contribution in [1.29, 1.82) is 0 Å². The lowest BCUT2D eigenvalue weighted by Crippen LogP contribution is -2.60. The molecule has 0 N–H and O–H groups in total. The molecular weight excluding hydrogens is 254 g/mol. The van der Waals surface area contributed by atoms with Crippen LogP contribution in [0, 0.1) is 17.8 Å². The number of fused-ring (bicyclic) bond motifs is 1. The van der Waals surface area contributed by atoms with Gasteiger partial charge in [-0.15, -0.1) is 0 Å². The van der Waals surface area contributed by atoms with E-state index in [9.17, 15) is 0 Å². The van der Waals surface area contributed by atoms with Gasteiger partial charge in [-0.2, -0.15) is 0 Å². The normalized spacial score (nSPS) is 34.4. The highest BCUT2D eigenvalue weighted by molar-refractivity contribution is 5.00. The Morgan fingerprint density at radius 1 is 1.14 bits per heavy atom. The Bertz CT molecular complexity index is 309. The van der Waals surface area contributed by atoms with Crippen LogP contribution < -0.4 is 0 Å². The third-order valence-corrected chi connectivity index (χ3v) is 6.51. The quantitative estimate of drug-likeness (QED) is 0.591. The predicted octanol–water partition coefficient (Wildman–Crippen LogP) is 5.88. The van der Waals surface area contributed by atoms with Crippen LogP contribution in [0.3, 0.4) is 0 Å². The Kier molecular flexibility index (Phi) is 6.17. The summed E-state index contributed by atoms with van der Waals surface area (Å²) in [7, 11) is 0. The van der Waals surface area contributed by atoms with Crippen molar-refractivity contribution < 1.29 is 0 Å². The largest absolute Gasteiger partial charge is 0.295 e. The van der Waals surface area contributed by atoms with Gasteiger partial charge in [-0.1, -0.05) is 52.9 Å². The molecule has 1 heterocycles. The molecule has 0 aromatic carbocycles. The van der Waals surface area contributed by atoms with E-state index in [1.54, 1.807) is 0 Å². The van der Waals surface area contributed by atoms with Crippen LogP contribution in [0.25, 0.3) is 0 Å². The van der Waals surface area contributed by atoms with E-state index in [0.29, 0.717) is 5.54 Å². The number of hydrogen-bond acceptors (Lipinski definition) is 1. The number of likely N-dealkylation sites (tertiary alicyclic amines) is 1. The number of nitrogens with zero attached hydrogens (tertiary/aromatic N) is 1. The van der Waals surface area contributed by atoms with Gasteiger partial charge in [0.05, 0.1) is 0 Å². The predicted molar refractivity (Wildman–Crippen MR) is 93.6 cm³/mol. The molecule has 124 valence electrons. The minimum Gasteiger partial charge on any atom is -0.295 e. The topological polar surface area (TPSA) is 3.24 Å². The van der Waals surface area contributed by atoms with E-state index in [1.165, 1.54) is 64.3 Å². The van der Waals surface area contributed by atoms with Crippen LogP contribution in [0.1, 0.15) is 92.4 Å². The summed E-state index contributed by atoms with van der Waals surface area (Å²) in [6.45, 7) is 13.6. The molecule has 1 nitrogen and oxygen atoms in total. The maximum absolute atomic E-state index is 2.96. The second-order valence-electron chi connectivity index (χ2n) is 8.58. The standard InChI is InChI=1S/C20H39N/c1-6-8-11-17(7-2)15-21-19-13-10-9-12-18(19)16(3)14-20(21,4)5/h16-19H,6-15H2,1-5H3. The molecular formula is C20H39N. The van der Waals surface area contributed by atoms with Crippen molar-refractivity contribution in [3.63, 3.8) is 0 Å². The Balaban J connectivity index is 2.09. The Morgan fingerprint density at radius 3 is 2.52 bits per heavy atom. The average molecular weight is 294 g/mol. The van der Waals surface area contributed by atoms with Crippen LogP contribution in [-0.2, 0) is 0 Å². The van der Waals surface area contributed by atoms with Crippen molar-refractivity contribution in [2.75, 3.05) is 6.54 Å². The van der Waals surface area contributed by atoms with E-state index in [2.05, 4.69) is 39.5 Å². The van der Waals surface area contributed by atoms with Crippen molar-refractivity contribution in [3.05, 3.63) is 0 Å². The molecule has 1 aliphatic heterocycles. The summed E-state index contributed by atoms with van der Waals surface area (Å²) >= 11 is 0. The molecule has 1 heteroatoms. The lowest BCUT2D eigenvalue weighted by atomic mass is 9.67. The van der Waals surface area contributed by atoms with Crippen LogP contribution in [0.15, 0.2) is 0 Å². The van der Waals surface area contributed by atoms with Crippen molar-refractivity contribution >= 4 is 0 Å². The molecule has 4 atom stereocenters. The molecule has 0 bridgehead atoms. The van der Waals surface area contributed by atoms with Gasteiger partial charge >= 0.3 is 0 Å². The maximum Gasteiger partial charge on any atom is 0.0159 e. The SMILES string of the molecule is CCCCC(CC)CN1C2CCCCC2C(C)CC1(C)C. The fraction of sp³-hybridized carbons (Fsp3) is 1.00. The molecule has 0 aromatic rings. The first-order valence-electron chi connectivity index (χ1n) is 9.76. The second-order valence-corrected chi connectivity index (χ2v) is 8.58. The molecule has 0 aromatic heterocycles. The lowest BCUT2D eigenvalue weighted by molar-refractivity contribution is -0.0672. The van der Waals surface area contributed by atoms with Crippen LogP contribution in [0.5, 0.6) is 0 Å². The van der Waals surface area contributed by atoms with Crippen molar-refractivity contribution in [1.82, 2.24) is 4.90 Å². The van der Waals surface area contributed by atoms with Crippen molar-refractivity contribution in [3.8, 4) is 0 Å². The molecule has 2 fully saturated rings. The Hall–Kier alpha value is -0.0400. The van der Waals surface area contributed by atoms with Crippen molar-refractivity contribution in [2.24, 2.45) is 17.8 Å². The minimum absolute atomic E-state index is 0.414. The first-order valence-corrected chi connectivity index (χ1v) is 9.76. The zero-order valence-electron chi connectivity index (χ0n) is 15.3. The lowest BCUT2D eigenvalue weighted by Gasteiger charge is -2.56. The Morgan fingerprint density at radius 2 is 1.86 bits per heavy atom. The van der Waals surface area contributed by atoms with E-state index in [-0.39, 0.29) is 0 Å². The van der Waals surface area contributed by atoms with Gasteiger partial charge in [0.25, 0.3) is 0 Å². The smallest absolute Gasteiger partial charge is 0.0159 e. The average Bonchev–Trinajstić information content (AvgIpc) is 2.46. The van der Waals surface area contributed by atoms with Crippen LogP contribution in [0.4, 0.5) is 0 Å². The van der Waals surface area contributed by atoms with Gasteiger partial charge < -0.3 is 0 Å². The second kappa shape index (κ2) is 7.49. The van der Waals surface area contributed by atoms with Gasteiger partial charge in [-0.3, -0.25) is 4.90 Å². The van der Waals surface area contributed by atoms with E-state index in [1.807, 2.05) is 0 Å². The van der Waals surface area contributed by atoms with Gasteiger partial charge in [-0.05, 0) is 57.3 Å². The molecule has 0 spiro atoms. The third kappa shape index (κ3) is 4.03. The van der Waals surface area contributed by atoms with E-state index >= 15 is 0 Å². The summed E-state index contributed by atoms with van der Waals surface area (Å²) in [4.78, 5) is 2.96. The highest BCUT2D eigenvalue weighted by Crippen LogP contribution is 2.45. The van der Waals surface area contributed by atoms with E-state index in [4.69, 9.17) is 0 Å². The van der Waals surface area contributed by atoms with E-state index < -0.39 is 0 Å². The van der Waals surface area contributed by atoms with Crippen molar-refractivity contribution in [2.45, 2.75) is 104 Å². The highest BCUT2D eigenvalue weighted by atomic mass is 15.2. The molecule has 1 saturated carbocycles. The first-order chi connectivity index (χ1) is 9.99. The molecule has 0 amide bonds. The zero-order chi connectivity index (χ0) is 15.5. The number of rotatable bonds is 6. The van der Waals surface area contributed by atoms with Crippen LogP contribution in [-0.4, -0.2) is 23.0 Å². The van der Waals surface area contributed by atoms with Crippen LogP contribution in [0.2, 0.25) is 0 Å². The van der Waals surface area contributed by atoms with Gasteiger partial charge in [0.1, 0.15) is 0 Å². The highest BCUT2D eigenvalue weighted by Gasteiger charge is 2.45. The van der Waals surface area contributed by atoms with Gasteiger partial charge in [0, 0.05) is 18.1 Å². The molecule has 1 aliphatic carbocycles. The maximum atomic E-state index is 2.96. The molecule has 0 radical (unpaired) electrons. The minimum atomic E-state index is 0.414. The van der Waals surface area contributed by atoms with Gasteiger partial charge in [0.2, 0.25) is 0 Å². The van der Waals surface area contributed by atoms with Gasteiger partial charge in [0.15, 0.2) is 0 Å². The fourth-order valence-corrected chi connectivity index (χ4v) is 5.27. The molecule has 1 saturated heterocycles. The van der Waals surface area contributed by atoms with E-state index in [0.717, 1.165) is 23.8 Å². The molecule has 2 rings (SSSR count). The summed E-state index contributed by atoms with van der Waals surface area (Å²) < 4.78 is 0.